The van der Waals surface area contributed by atoms with Crippen LogP contribution in [0.2, 0.25) is 0 Å². The average molecular weight is 430 g/mol. The number of para-hydroxylation sites is 1. The van der Waals surface area contributed by atoms with Crippen LogP contribution in [0.15, 0.2) is 59.4 Å². The van der Waals surface area contributed by atoms with Crippen molar-refractivity contribution in [3.63, 3.8) is 0 Å². The Morgan fingerprint density at radius 1 is 1.10 bits per heavy atom. The number of benzene rings is 2. The van der Waals surface area contributed by atoms with Gasteiger partial charge in [-0.2, -0.15) is 18.3 Å². The summed E-state index contributed by atoms with van der Waals surface area (Å²) < 4.78 is 41.2. The van der Waals surface area contributed by atoms with Crippen molar-refractivity contribution in [3.8, 4) is 5.69 Å². The zero-order valence-electron chi connectivity index (χ0n) is 17.2. The Labute approximate surface area is 176 Å². The van der Waals surface area contributed by atoms with Crippen LogP contribution in [0.25, 0.3) is 5.69 Å². The number of rotatable bonds is 5. The molecule has 0 saturated heterocycles. The lowest BCUT2D eigenvalue weighted by Crippen LogP contribution is -2.32. The number of hydrogen-bond donors (Lipinski definition) is 1. The van der Waals surface area contributed by atoms with Gasteiger partial charge >= 0.3 is 6.18 Å². The van der Waals surface area contributed by atoms with Crippen molar-refractivity contribution in [2.75, 3.05) is 19.0 Å². The average Bonchev–Trinajstić information content (AvgIpc) is 2.72. The van der Waals surface area contributed by atoms with Crippen molar-refractivity contribution in [1.82, 2.24) is 15.1 Å². The first kappa shape index (κ1) is 22.1. The van der Waals surface area contributed by atoms with Crippen molar-refractivity contribution >= 4 is 11.6 Å². The highest BCUT2D eigenvalue weighted by Crippen LogP contribution is 2.33. The van der Waals surface area contributed by atoms with Gasteiger partial charge in [0.25, 0.3) is 5.91 Å². The fraction of sp³-hybridized carbons (Fsp3) is 0.227. The predicted molar refractivity (Wildman–Crippen MR) is 112 cm³/mol. The van der Waals surface area contributed by atoms with Crippen LogP contribution in [-0.2, 0) is 12.7 Å². The maximum atomic E-state index is 13.4. The molecule has 3 aromatic rings. The molecule has 9 heteroatoms. The molecule has 3 rings (SSSR count). The molecular formula is C22H21F3N4O2. The largest absolute Gasteiger partial charge is 0.418 e. The summed E-state index contributed by atoms with van der Waals surface area (Å²) in [5.74, 6) is -0.764. The van der Waals surface area contributed by atoms with Gasteiger partial charge in [0, 0.05) is 38.1 Å². The number of nitrogens with zero attached hydrogens (tertiary/aromatic N) is 3. The third-order valence-corrected chi connectivity index (χ3v) is 4.67. The smallest absolute Gasteiger partial charge is 0.378 e. The van der Waals surface area contributed by atoms with Gasteiger partial charge in [0.1, 0.15) is 0 Å². The first-order chi connectivity index (χ1) is 14.6. The molecule has 1 N–H and O–H groups in total. The number of aryl methyl sites for hydroxylation is 1. The highest BCUT2D eigenvalue weighted by Gasteiger charge is 2.34. The van der Waals surface area contributed by atoms with Crippen LogP contribution in [0, 0.1) is 6.92 Å². The van der Waals surface area contributed by atoms with Crippen LogP contribution in [0.5, 0.6) is 0 Å². The number of amides is 1. The first-order valence-corrected chi connectivity index (χ1v) is 9.40. The van der Waals surface area contributed by atoms with E-state index in [1.54, 1.807) is 0 Å². The normalized spacial score (nSPS) is 11.3. The van der Waals surface area contributed by atoms with Crippen molar-refractivity contribution in [2.45, 2.75) is 19.6 Å². The molecule has 0 radical (unpaired) electrons. The summed E-state index contributed by atoms with van der Waals surface area (Å²) in [6.07, 6.45) is -4.62. The molecule has 0 aliphatic heterocycles. The fourth-order valence-corrected chi connectivity index (χ4v) is 3.02. The minimum atomic E-state index is -4.62. The molecule has 1 amide bonds. The molecule has 0 bridgehead atoms. The Morgan fingerprint density at radius 3 is 2.35 bits per heavy atom. The molecule has 0 saturated carbocycles. The zero-order chi connectivity index (χ0) is 22.8. The summed E-state index contributed by atoms with van der Waals surface area (Å²) in [5, 5.41) is 6.55. The highest BCUT2D eigenvalue weighted by molar-refractivity contribution is 5.92. The predicted octanol–water partition coefficient (Wildman–Crippen LogP) is 3.56. The van der Waals surface area contributed by atoms with E-state index in [0.29, 0.717) is 0 Å². The molecule has 1 aromatic heterocycles. The number of carbonyl (C=O) groups is 1. The van der Waals surface area contributed by atoms with Crippen molar-refractivity contribution in [1.29, 1.82) is 0 Å². The summed E-state index contributed by atoms with van der Waals surface area (Å²) in [6.45, 7) is 1.59. The van der Waals surface area contributed by atoms with E-state index >= 15 is 0 Å². The molecule has 0 aliphatic carbocycles. The number of hydrogen-bond acceptors (Lipinski definition) is 4. The minimum Gasteiger partial charge on any atom is -0.378 e. The number of carbonyl (C=O) groups excluding carboxylic acids is 1. The lowest BCUT2D eigenvalue weighted by Gasteiger charge is -2.16. The SMILES string of the molecule is Cc1cc(=O)c(C(=O)NCc2ccc(N(C)C)cc2)nn1-c1ccccc1C(F)(F)F. The molecule has 0 atom stereocenters. The number of alkyl halides is 3. The second-order valence-corrected chi connectivity index (χ2v) is 7.17. The van der Waals surface area contributed by atoms with Crippen LogP contribution in [-0.4, -0.2) is 29.8 Å². The molecule has 0 aliphatic rings. The van der Waals surface area contributed by atoms with E-state index in [-0.39, 0.29) is 17.9 Å². The molecule has 162 valence electrons. The lowest BCUT2D eigenvalue weighted by atomic mass is 10.1. The minimum absolute atomic E-state index is 0.140. The van der Waals surface area contributed by atoms with E-state index in [9.17, 15) is 22.8 Å². The molecule has 1 heterocycles. The standard InChI is InChI=1S/C22H21F3N4O2/c1-14-12-19(30)20(21(31)26-13-15-8-10-16(11-9-15)28(2)3)27-29(14)18-7-5-4-6-17(18)22(23,24)25/h4-12H,13H2,1-3H3,(H,26,31). The van der Waals surface area contributed by atoms with Gasteiger partial charge in [-0.05, 0) is 36.8 Å². The molecule has 6 nitrogen and oxygen atoms in total. The monoisotopic (exact) mass is 430 g/mol. The summed E-state index contributed by atoms with van der Waals surface area (Å²) in [5.41, 5.74) is -0.360. The molecular weight excluding hydrogens is 409 g/mol. The molecule has 0 unspecified atom stereocenters. The Kier molecular flexibility index (Phi) is 6.14. The Hall–Kier alpha value is -3.62. The second-order valence-electron chi connectivity index (χ2n) is 7.17. The Morgan fingerprint density at radius 2 is 1.74 bits per heavy atom. The van der Waals surface area contributed by atoms with Gasteiger partial charge in [-0.1, -0.05) is 24.3 Å². The van der Waals surface area contributed by atoms with E-state index in [0.717, 1.165) is 28.1 Å². The van der Waals surface area contributed by atoms with Crippen LogP contribution in [0.4, 0.5) is 18.9 Å². The van der Waals surface area contributed by atoms with E-state index < -0.39 is 28.8 Å². The van der Waals surface area contributed by atoms with Gasteiger partial charge in [0.15, 0.2) is 5.69 Å². The number of halogens is 3. The van der Waals surface area contributed by atoms with Crippen molar-refractivity contribution in [3.05, 3.63) is 87.3 Å². The third kappa shape index (κ3) is 4.93. The maximum absolute atomic E-state index is 13.4. The van der Waals surface area contributed by atoms with E-state index in [2.05, 4.69) is 10.4 Å². The quantitative estimate of drug-likeness (QED) is 0.672. The van der Waals surface area contributed by atoms with E-state index in [4.69, 9.17) is 0 Å². The molecule has 0 fully saturated rings. The number of aromatic nitrogens is 2. The van der Waals surface area contributed by atoms with Gasteiger partial charge in [-0.3, -0.25) is 9.59 Å². The van der Waals surface area contributed by atoms with Gasteiger partial charge in [0.05, 0.1) is 11.3 Å². The molecule has 2 aromatic carbocycles. The van der Waals surface area contributed by atoms with E-state index in [1.807, 2.05) is 43.3 Å². The number of anilines is 1. The van der Waals surface area contributed by atoms with Gasteiger partial charge in [0.2, 0.25) is 5.43 Å². The maximum Gasteiger partial charge on any atom is 0.418 e. The van der Waals surface area contributed by atoms with Crippen molar-refractivity contribution < 1.29 is 18.0 Å². The topological polar surface area (TPSA) is 67.2 Å². The molecule has 0 spiro atoms. The van der Waals surface area contributed by atoms with Gasteiger partial charge in [-0.15, -0.1) is 0 Å². The highest BCUT2D eigenvalue weighted by atomic mass is 19.4. The zero-order valence-corrected chi connectivity index (χ0v) is 17.2. The molecule has 31 heavy (non-hydrogen) atoms. The van der Waals surface area contributed by atoms with Gasteiger partial charge < -0.3 is 10.2 Å². The Balaban J connectivity index is 1.89. The van der Waals surface area contributed by atoms with E-state index in [1.165, 1.54) is 25.1 Å². The van der Waals surface area contributed by atoms with Crippen LogP contribution >= 0.6 is 0 Å². The third-order valence-electron chi connectivity index (χ3n) is 4.67. The summed E-state index contributed by atoms with van der Waals surface area (Å²) >= 11 is 0. The van der Waals surface area contributed by atoms with Crippen molar-refractivity contribution in [2.24, 2.45) is 0 Å². The second kappa shape index (κ2) is 8.63. The van der Waals surface area contributed by atoms with Crippen LogP contribution < -0.4 is 15.6 Å². The summed E-state index contributed by atoms with van der Waals surface area (Å²) in [7, 11) is 3.81. The van der Waals surface area contributed by atoms with Crippen LogP contribution in [0.1, 0.15) is 27.3 Å². The van der Waals surface area contributed by atoms with Gasteiger partial charge in [-0.25, -0.2) is 4.68 Å². The number of nitrogens with one attached hydrogen (secondary N) is 1. The first-order valence-electron chi connectivity index (χ1n) is 9.40. The summed E-state index contributed by atoms with van der Waals surface area (Å²) in [6, 6.07) is 13.4. The lowest BCUT2D eigenvalue weighted by molar-refractivity contribution is -0.137. The summed E-state index contributed by atoms with van der Waals surface area (Å²) in [4.78, 5) is 26.8. The Bertz CT molecular complexity index is 1150. The van der Waals surface area contributed by atoms with Crippen LogP contribution in [0.3, 0.4) is 0 Å². The fourth-order valence-electron chi connectivity index (χ4n) is 3.02.